The van der Waals surface area contributed by atoms with E-state index in [2.05, 4.69) is 6.92 Å². The Morgan fingerprint density at radius 1 is 1.08 bits per heavy atom. The van der Waals surface area contributed by atoms with Crippen molar-refractivity contribution in [3.63, 3.8) is 0 Å². The average Bonchev–Trinajstić information content (AvgIpc) is 2.01. The predicted molar refractivity (Wildman–Crippen MR) is 50.6 cm³/mol. The van der Waals surface area contributed by atoms with Crippen LogP contribution in [0.4, 0.5) is 0 Å². The van der Waals surface area contributed by atoms with Crippen molar-refractivity contribution in [2.24, 2.45) is 0 Å². The molecule has 0 saturated heterocycles. The van der Waals surface area contributed by atoms with Gasteiger partial charge in [0.1, 0.15) is 5.60 Å². The molecule has 0 aliphatic heterocycles. The standard InChI is InChI=1S/C11H21O/c1-2-3-4-5-6-8-11(12)9-7-10-11/h2-10H2,1H3. The van der Waals surface area contributed by atoms with Crippen LogP contribution >= 0.6 is 0 Å². The molecule has 0 aromatic rings. The molecule has 1 fully saturated rings. The van der Waals surface area contributed by atoms with Crippen molar-refractivity contribution in [2.75, 3.05) is 0 Å². The lowest BCUT2D eigenvalue weighted by molar-refractivity contribution is -0.0984. The van der Waals surface area contributed by atoms with Gasteiger partial charge in [0, 0.05) is 0 Å². The minimum Gasteiger partial charge on any atom is -0.229 e. The topological polar surface area (TPSA) is 19.9 Å². The number of hydrogen-bond donors (Lipinski definition) is 0. The molecule has 0 aromatic heterocycles. The van der Waals surface area contributed by atoms with Gasteiger partial charge in [0.05, 0.1) is 0 Å². The lowest BCUT2D eigenvalue weighted by Gasteiger charge is -2.34. The van der Waals surface area contributed by atoms with Crippen LogP contribution in [0, 0.1) is 0 Å². The Bertz CT molecular complexity index is 116. The van der Waals surface area contributed by atoms with Crippen LogP contribution in [0.15, 0.2) is 0 Å². The van der Waals surface area contributed by atoms with E-state index in [0.717, 1.165) is 19.3 Å². The summed E-state index contributed by atoms with van der Waals surface area (Å²) in [7, 11) is 0. The van der Waals surface area contributed by atoms with Crippen molar-refractivity contribution in [2.45, 2.75) is 70.3 Å². The minimum atomic E-state index is -0.480. The van der Waals surface area contributed by atoms with Gasteiger partial charge in [-0.2, -0.15) is 0 Å². The first-order valence-corrected chi connectivity index (χ1v) is 5.47. The maximum absolute atomic E-state index is 11.6. The van der Waals surface area contributed by atoms with Crippen molar-refractivity contribution in [3.05, 3.63) is 0 Å². The highest BCUT2D eigenvalue weighted by Crippen LogP contribution is 2.36. The van der Waals surface area contributed by atoms with Gasteiger partial charge < -0.3 is 0 Å². The second-order valence-electron chi connectivity index (χ2n) is 4.20. The fourth-order valence-corrected chi connectivity index (χ4v) is 1.87. The second kappa shape index (κ2) is 4.86. The van der Waals surface area contributed by atoms with Crippen LogP contribution in [-0.2, 0) is 5.11 Å². The number of unbranched alkanes of at least 4 members (excludes halogenated alkanes) is 4. The first-order valence-electron chi connectivity index (χ1n) is 5.47. The third kappa shape index (κ3) is 3.14. The Hall–Kier alpha value is -0.0400. The fraction of sp³-hybridized carbons (Fsp3) is 1.00. The van der Waals surface area contributed by atoms with E-state index in [-0.39, 0.29) is 0 Å². The molecule has 1 heteroatoms. The van der Waals surface area contributed by atoms with Crippen LogP contribution in [0.1, 0.15) is 64.7 Å². The first kappa shape index (κ1) is 10.0. The first-order chi connectivity index (χ1) is 5.77. The van der Waals surface area contributed by atoms with Crippen LogP contribution in [0.3, 0.4) is 0 Å². The van der Waals surface area contributed by atoms with Crippen molar-refractivity contribution in [1.82, 2.24) is 0 Å². The normalized spacial score (nSPS) is 20.5. The summed E-state index contributed by atoms with van der Waals surface area (Å²) in [4.78, 5) is 0. The quantitative estimate of drug-likeness (QED) is 0.540. The Morgan fingerprint density at radius 2 is 1.75 bits per heavy atom. The van der Waals surface area contributed by atoms with Crippen LogP contribution in [0.25, 0.3) is 0 Å². The molecule has 0 aromatic carbocycles. The summed E-state index contributed by atoms with van der Waals surface area (Å²) < 4.78 is 0. The molecule has 0 heterocycles. The molecule has 0 spiro atoms. The summed E-state index contributed by atoms with van der Waals surface area (Å²) in [6.07, 6.45) is 10.4. The SMILES string of the molecule is CCCCCCCC1([O])CCC1. The fourth-order valence-electron chi connectivity index (χ4n) is 1.87. The highest BCUT2D eigenvalue weighted by Gasteiger charge is 2.35. The molecular formula is C11H21O. The van der Waals surface area contributed by atoms with Gasteiger partial charge in [-0.1, -0.05) is 39.0 Å². The van der Waals surface area contributed by atoms with Crippen molar-refractivity contribution < 1.29 is 5.11 Å². The zero-order valence-corrected chi connectivity index (χ0v) is 8.27. The molecular weight excluding hydrogens is 148 g/mol. The van der Waals surface area contributed by atoms with E-state index in [0.29, 0.717) is 0 Å². The van der Waals surface area contributed by atoms with Crippen molar-refractivity contribution in [1.29, 1.82) is 0 Å². The molecule has 1 saturated carbocycles. The Labute approximate surface area is 76.2 Å². The number of rotatable bonds is 6. The van der Waals surface area contributed by atoms with E-state index in [1.54, 1.807) is 0 Å². The van der Waals surface area contributed by atoms with Crippen LogP contribution in [0.5, 0.6) is 0 Å². The van der Waals surface area contributed by atoms with E-state index in [4.69, 9.17) is 0 Å². The van der Waals surface area contributed by atoms with Gasteiger partial charge in [-0.15, -0.1) is 0 Å². The van der Waals surface area contributed by atoms with E-state index >= 15 is 0 Å². The lowest BCUT2D eigenvalue weighted by atomic mass is 9.77. The van der Waals surface area contributed by atoms with E-state index in [9.17, 15) is 5.11 Å². The van der Waals surface area contributed by atoms with Gasteiger partial charge in [0.25, 0.3) is 0 Å². The van der Waals surface area contributed by atoms with Crippen molar-refractivity contribution >= 4 is 0 Å². The van der Waals surface area contributed by atoms with Crippen LogP contribution in [-0.4, -0.2) is 5.60 Å². The monoisotopic (exact) mass is 169 g/mol. The molecule has 1 rings (SSSR count). The maximum atomic E-state index is 11.6. The lowest BCUT2D eigenvalue weighted by Crippen LogP contribution is -2.34. The Kier molecular flexibility index (Phi) is 4.07. The second-order valence-corrected chi connectivity index (χ2v) is 4.20. The highest BCUT2D eigenvalue weighted by atomic mass is 16.3. The summed E-state index contributed by atoms with van der Waals surface area (Å²) in [5.41, 5.74) is -0.480. The molecule has 12 heavy (non-hydrogen) atoms. The minimum absolute atomic E-state index is 0.480. The molecule has 0 amide bonds. The zero-order chi connectivity index (χ0) is 8.86. The largest absolute Gasteiger partial charge is 0.229 e. The van der Waals surface area contributed by atoms with E-state index < -0.39 is 5.60 Å². The highest BCUT2D eigenvalue weighted by molar-refractivity contribution is 4.86. The predicted octanol–water partition coefficient (Wildman–Crippen LogP) is 3.70. The number of hydrogen-bond acceptors (Lipinski definition) is 0. The molecule has 0 bridgehead atoms. The van der Waals surface area contributed by atoms with Gasteiger partial charge in [0.15, 0.2) is 0 Å². The van der Waals surface area contributed by atoms with Gasteiger partial charge in [-0.3, -0.25) is 0 Å². The molecule has 0 N–H and O–H groups in total. The smallest absolute Gasteiger partial charge is 0.104 e. The maximum Gasteiger partial charge on any atom is 0.104 e. The molecule has 71 valence electrons. The van der Waals surface area contributed by atoms with Gasteiger partial charge >= 0.3 is 0 Å². The Balaban J connectivity index is 1.88. The van der Waals surface area contributed by atoms with E-state index in [1.807, 2.05) is 0 Å². The third-order valence-corrected chi connectivity index (χ3v) is 3.00. The third-order valence-electron chi connectivity index (χ3n) is 3.00. The summed E-state index contributed by atoms with van der Waals surface area (Å²) in [6.45, 7) is 2.22. The van der Waals surface area contributed by atoms with E-state index in [1.165, 1.54) is 38.5 Å². The molecule has 1 radical (unpaired) electrons. The molecule has 1 aliphatic rings. The van der Waals surface area contributed by atoms with Crippen LogP contribution < -0.4 is 0 Å². The molecule has 1 aliphatic carbocycles. The van der Waals surface area contributed by atoms with Gasteiger partial charge in [0.2, 0.25) is 0 Å². The molecule has 0 atom stereocenters. The summed E-state index contributed by atoms with van der Waals surface area (Å²) in [5.74, 6) is 0. The summed E-state index contributed by atoms with van der Waals surface area (Å²) >= 11 is 0. The van der Waals surface area contributed by atoms with Gasteiger partial charge in [-0.05, 0) is 25.7 Å². The van der Waals surface area contributed by atoms with Crippen LogP contribution in [0.2, 0.25) is 0 Å². The Morgan fingerprint density at radius 3 is 2.25 bits per heavy atom. The summed E-state index contributed by atoms with van der Waals surface area (Å²) in [6, 6.07) is 0. The van der Waals surface area contributed by atoms with Crippen molar-refractivity contribution in [3.8, 4) is 0 Å². The molecule has 1 nitrogen and oxygen atoms in total. The summed E-state index contributed by atoms with van der Waals surface area (Å²) in [5, 5.41) is 11.6. The zero-order valence-electron chi connectivity index (χ0n) is 8.27. The molecule has 0 unspecified atom stereocenters. The van der Waals surface area contributed by atoms with Gasteiger partial charge in [-0.25, -0.2) is 5.11 Å². The average molecular weight is 169 g/mol.